The fraction of sp³-hybridized carbons (Fsp3) is 0.591. The van der Waals surface area contributed by atoms with E-state index in [0.29, 0.717) is 49.4 Å². The summed E-state index contributed by atoms with van der Waals surface area (Å²) in [4.78, 5) is 27.7. The Morgan fingerprint density at radius 3 is 2.62 bits per heavy atom. The molecule has 0 spiro atoms. The van der Waals surface area contributed by atoms with Gasteiger partial charge in [-0.15, -0.1) is 0 Å². The van der Waals surface area contributed by atoms with Gasteiger partial charge in [0.15, 0.2) is 0 Å². The Bertz CT molecular complexity index is 1110. The fourth-order valence-corrected chi connectivity index (χ4v) is 6.72. The van der Waals surface area contributed by atoms with Crippen molar-refractivity contribution in [1.82, 2.24) is 18.8 Å². The number of nitrogens with zero attached hydrogens (tertiary/aromatic N) is 4. The Balaban J connectivity index is 1.37. The van der Waals surface area contributed by atoms with Crippen LogP contribution >= 0.6 is 11.6 Å². The number of piperidine rings is 1. The van der Waals surface area contributed by atoms with Crippen molar-refractivity contribution in [3.05, 3.63) is 34.6 Å². The quantitative estimate of drug-likeness (QED) is 0.621. The minimum atomic E-state index is -3.71. The number of nitriles is 1. The normalized spacial score (nSPS) is 24.4. The molecular weight excluding hydrogens is 485 g/mol. The molecule has 0 unspecified atom stereocenters. The third-order valence-electron chi connectivity index (χ3n) is 6.72. The second kappa shape index (κ2) is 10.2. The fourth-order valence-electron chi connectivity index (χ4n) is 4.74. The van der Waals surface area contributed by atoms with Crippen LogP contribution in [-0.4, -0.2) is 72.5 Å². The summed E-state index contributed by atoms with van der Waals surface area (Å²) < 4.78 is 41.8. The van der Waals surface area contributed by atoms with Crippen LogP contribution in [0.2, 0.25) is 5.02 Å². The molecule has 0 aromatic heterocycles. The molecule has 34 heavy (non-hydrogen) atoms. The molecule has 1 aromatic rings. The van der Waals surface area contributed by atoms with Crippen LogP contribution in [0.15, 0.2) is 18.2 Å². The Hall–Kier alpha value is -2.26. The van der Waals surface area contributed by atoms with Crippen LogP contribution in [0.1, 0.15) is 31.2 Å². The minimum Gasteiger partial charge on any atom is -0.350 e. The molecule has 9 nitrogen and oxygen atoms in total. The molecule has 3 fully saturated rings. The summed E-state index contributed by atoms with van der Waals surface area (Å²) in [7, 11) is -3.71. The number of carbonyl (C=O) groups excluding carboxylic acids is 2. The van der Waals surface area contributed by atoms with Crippen LogP contribution in [-0.2, 0) is 26.3 Å². The van der Waals surface area contributed by atoms with Crippen molar-refractivity contribution in [2.75, 3.05) is 32.7 Å². The van der Waals surface area contributed by atoms with Gasteiger partial charge in [0.25, 0.3) is 10.2 Å². The largest absolute Gasteiger partial charge is 0.350 e. The van der Waals surface area contributed by atoms with Crippen LogP contribution in [0.4, 0.5) is 4.39 Å². The van der Waals surface area contributed by atoms with E-state index >= 15 is 0 Å². The van der Waals surface area contributed by atoms with E-state index in [0.717, 1.165) is 0 Å². The first-order valence-electron chi connectivity index (χ1n) is 11.4. The summed E-state index contributed by atoms with van der Waals surface area (Å²) in [6.07, 6.45) is 2.28. The van der Waals surface area contributed by atoms with E-state index < -0.39 is 28.0 Å². The predicted octanol–water partition coefficient (Wildman–Crippen LogP) is 1.50. The van der Waals surface area contributed by atoms with Crippen molar-refractivity contribution in [2.45, 2.75) is 38.3 Å². The minimum absolute atomic E-state index is 0.0446. The molecule has 12 heteroatoms. The van der Waals surface area contributed by atoms with E-state index in [-0.39, 0.29) is 43.9 Å². The van der Waals surface area contributed by atoms with E-state index in [1.54, 1.807) is 4.90 Å². The summed E-state index contributed by atoms with van der Waals surface area (Å²) in [5.41, 5.74) is 0.448. The summed E-state index contributed by atoms with van der Waals surface area (Å²) in [6.45, 7) is 1.23. The Morgan fingerprint density at radius 1 is 1.15 bits per heavy atom. The number of benzene rings is 1. The monoisotopic (exact) mass is 511 g/mol. The number of carbonyl (C=O) groups is 2. The van der Waals surface area contributed by atoms with Crippen molar-refractivity contribution >= 4 is 33.6 Å². The molecule has 184 valence electrons. The zero-order valence-corrected chi connectivity index (χ0v) is 20.2. The second-order valence-corrected chi connectivity index (χ2v) is 11.3. The summed E-state index contributed by atoms with van der Waals surface area (Å²) in [6, 6.07) is 5.33. The highest BCUT2D eigenvalue weighted by atomic mass is 35.5. The maximum atomic E-state index is 13.5. The Labute approximate surface area is 203 Å². The van der Waals surface area contributed by atoms with Gasteiger partial charge in [-0.25, -0.2) is 4.39 Å². The number of nitrogens with one attached hydrogen (secondary N) is 1. The summed E-state index contributed by atoms with van der Waals surface area (Å²) >= 11 is 6.07. The van der Waals surface area contributed by atoms with Gasteiger partial charge >= 0.3 is 0 Å². The summed E-state index contributed by atoms with van der Waals surface area (Å²) in [5.74, 6) is -1.83. The summed E-state index contributed by atoms with van der Waals surface area (Å²) in [5, 5.41) is 12.0. The SMILES string of the molecule is N#CC1CN(S(=O)(=O)N2CCC[C@H](C(=O)N3CCC[C@@H]3C(=O)NCc3cc(F)ccc3Cl)C2)C1. The van der Waals surface area contributed by atoms with Crippen LogP contribution in [0, 0.1) is 29.0 Å². The zero-order valence-electron chi connectivity index (χ0n) is 18.6. The van der Waals surface area contributed by atoms with Crippen molar-refractivity contribution < 1.29 is 22.4 Å². The molecule has 0 saturated carbocycles. The molecule has 3 aliphatic rings. The molecule has 2 atom stereocenters. The van der Waals surface area contributed by atoms with E-state index in [9.17, 15) is 22.4 Å². The maximum absolute atomic E-state index is 13.5. The maximum Gasteiger partial charge on any atom is 0.282 e. The van der Waals surface area contributed by atoms with Gasteiger partial charge in [0.2, 0.25) is 11.8 Å². The van der Waals surface area contributed by atoms with Gasteiger partial charge in [-0.2, -0.15) is 22.3 Å². The van der Waals surface area contributed by atoms with Gasteiger partial charge in [-0.1, -0.05) is 11.6 Å². The molecule has 0 bridgehead atoms. The number of amides is 2. The Morgan fingerprint density at radius 2 is 1.88 bits per heavy atom. The zero-order chi connectivity index (χ0) is 24.5. The third-order valence-corrected chi connectivity index (χ3v) is 9.02. The highest BCUT2D eigenvalue weighted by Gasteiger charge is 2.44. The van der Waals surface area contributed by atoms with Gasteiger partial charge in [-0.05, 0) is 49.4 Å². The predicted molar refractivity (Wildman–Crippen MR) is 122 cm³/mol. The van der Waals surface area contributed by atoms with Crippen LogP contribution in [0.25, 0.3) is 0 Å². The van der Waals surface area contributed by atoms with Crippen LogP contribution in [0.5, 0.6) is 0 Å². The van der Waals surface area contributed by atoms with Gasteiger partial charge < -0.3 is 10.2 Å². The van der Waals surface area contributed by atoms with Gasteiger partial charge in [0.1, 0.15) is 11.9 Å². The molecular formula is C22H27ClFN5O4S. The number of rotatable bonds is 6. The lowest BCUT2D eigenvalue weighted by atomic mass is 9.97. The average Bonchev–Trinajstić information content (AvgIpc) is 3.28. The highest BCUT2D eigenvalue weighted by molar-refractivity contribution is 7.86. The van der Waals surface area contributed by atoms with Crippen molar-refractivity contribution in [3.8, 4) is 6.07 Å². The molecule has 1 N–H and O–H groups in total. The molecule has 3 aliphatic heterocycles. The van der Waals surface area contributed by atoms with E-state index in [1.807, 2.05) is 0 Å². The lowest BCUT2D eigenvalue weighted by Crippen LogP contribution is -2.57. The van der Waals surface area contributed by atoms with E-state index in [4.69, 9.17) is 16.9 Å². The van der Waals surface area contributed by atoms with Crippen LogP contribution < -0.4 is 5.32 Å². The molecule has 2 amide bonds. The van der Waals surface area contributed by atoms with Gasteiger partial charge in [0.05, 0.1) is 17.9 Å². The first-order chi connectivity index (χ1) is 16.2. The number of hydrogen-bond donors (Lipinski definition) is 1. The van der Waals surface area contributed by atoms with Crippen molar-refractivity contribution in [3.63, 3.8) is 0 Å². The molecule has 0 radical (unpaired) electrons. The standard InChI is InChI=1S/C22H27ClFN5O4S/c23-19-6-5-18(24)9-17(19)11-26-21(30)20-4-2-8-29(20)22(31)16-3-1-7-27(14-16)34(32,33)28-12-15(10-25)13-28/h5-6,9,15-16,20H,1-4,7-8,11-14H2,(H,26,30)/t16-,20+/m0/s1. The smallest absolute Gasteiger partial charge is 0.282 e. The molecule has 1 aromatic carbocycles. The highest BCUT2D eigenvalue weighted by Crippen LogP contribution is 2.29. The lowest BCUT2D eigenvalue weighted by molar-refractivity contribution is -0.142. The third kappa shape index (κ3) is 5.05. The van der Waals surface area contributed by atoms with Gasteiger partial charge in [0, 0.05) is 44.3 Å². The number of halogens is 2. The molecule has 0 aliphatic carbocycles. The van der Waals surface area contributed by atoms with Crippen LogP contribution in [0.3, 0.4) is 0 Å². The number of likely N-dealkylation sites (tertiary alicyclic amines) is 1. The molecule has 3 saturated heterocycles. The molecule has 3 heterocycles. The topological polar surface area (TPSA) is 114 Å². The Kier molecular flexibility index (Phi) is 7.42. The van der Waals surface area contributed by atoms with Crippen molar-refractivity contribution in [2.24, 2.45) is 11.8 Å². The lowest BCUT2D eigenvalue weighted by Gasteiger charge is -2.41. The average molecular weight is 512 g/mol. The van der Waals surface area contributed by atoms with E-state index in [1.165, 1.54) is 26.8 Å². The number of hydrogen-bond acceptors (Lipinski definition) is 5. The first-order valence-corrected chi connectivity index (χ1v) is 13.1. The molecule has 4 rings (SSSR count). The second-order valence-electron chi connectivity index (χ2n) is 8.99. The van der Waals surface area contributed by atoms with E-state index in [2.05, 4.69) is 11.4 Å². The first kappa shape index (κ1) is 24.9. The van der Waals surface area contributed by atoms with Gasteiger partial charge in [-0.3, -0.25) is 9.59 Å². The van der Waals surface area contributed by atoms with Crippen molar-refractivity contribution in [1.29, 1.82) is 5.26 Å².